The second-order valence-electron chi connectivity index (χ2n) is 5.92. The molecule has 1 unspecified atom stereocenters. The largest absolute Gasteiger partial charge is 0.488 e. The van der Waals surface area contributed by atoms with Crippen LogP contribution in [-0.2, 0) is 4.74 Å². The minimum Gasteiger partial charge on any atom is -0.488 e. The van der Waals surface area contributed by atoms with Crippen LogP contribution in [-0.4, -0.2) is 29.8 Å². The minimum absolute atomic E-state index is 0.0623. The first-order valence-electron chi connectivity index (χ1n) is 7.41. The highest BCUT2D eigenvalue weighted by Gasteiger charge is 2.39. The number of anilines is 1. The Bertz CT molecular complexity index is 466. The van der Waals surface area contributed by atoms with Gasteiger partial charge in [-0.2, -0.15) is 11.8 Å². The molecule has 2 saturated heterocycles. The van der Waals surface area contributed by atoms with Crippen molar-refractivity contribution in [3.8, 4) is 5.75 Å². The molecule has 110 valence electrons. The molecule has 3 rings (SSSR count). The summed E-state index contributed by atoms with van der Waals surface area (Å²) in [5.74, 6) is 3.25. The van der Waals surface area contributed by atoms with Crippen molar-refractivity contribution in [2.24, 2.45) is 0 Å². The zero-order valence-corrected chi connectivity index (χ0v) is 12.9. The Morgan fingerprint density at radius 1 is 1.35 bits per heavy atom. The van der Waals surface area contributed by atoms with Crippen molar-refractivity contribution in [3.05, 3.63) is 23.8 Å². The van der Waals surface area contributed by atoms with Crippen LogP contribution in [0.2, 0.25) is 0 Å². The lowest BCUT2D eigenvalue weighted by Crippen LogP contribution is -2.46. The average Bonchev–Trinajstić information content (AvgIpc) is 2.44. The van der Waals surface area contributed by atoms with Crippen LogP contribution < -0.4 is 10.5 Å². The summed E-state index contributed by atoms with van der Waals surface area (Å²) in [4.78, 5) is 0. The Labute approximate surface area is 125 Å². The van der Waals surface area contributed by atoms with Crippen LogP contribution in [0, 0.1) is 6.92 Å². The third-order valence-electron chi connectivity index (χ3n) is 4.31. The van der Waals surface area contributed by atoms with Crippen molar-refractivity contribution in [3.63, 3.8) is 0 Å². The van der Waals surface area contributed by atoms with Crippen LogP contribution in [0.5, 0.6) is 5.75 Å². The van der Waals surface area contributed by atoms with Crippen LogP contribution in [0.1, 0.15) is 31.2 Å². The van der Waals surface area contributed by atoms with Crippen molar-refractivity contribution in [2.45, 2.75) is 44.3 Å². The highest BCUT2D eigenvalue weighted by molar-refractivity contribution is 7.99. The fraction of sp³-hybridized carbons (Fsp3) is 0.625. The molecule has 1 spiro atoms. The first-order valence-corrected chi connectivity index (χ1v) is 8.57. The molecule has 4 heteroatoms. The summed E-state index contributed by atoms with van der Waals surface area (Å²) in [6.45, 7) is 2.87. The Balaban J connectivity index is 1.69. The van der Waals surface area contributed by atoms with E-state index in [2.05, 4.69) is 6.92 Å². The quantitative estimate of drug-likeness (QED) is 0.849. The van der Waals surface area contributed by atoms with Crippen molar-refractivity contribution in [1.82, 2.24) is 0 Å². The summed E-state index contributed by atoms with van der Waals surface area (Å²) < 4.78 is 12.3. The number of benzene rings is 1. The van der Waals surface area contributed by atoms with Gasteiger partial charge in [0.2, 0.25) is 0 Å². The molecule has 2 aliphatic heterocycles. The first-order chi connectivity index (χ1) is 9.67. The molecule has 2 N–H and O–H groups in total. The fourth-order valence-electron chi connectivity index (χ4n) is 3.10. The van der Waals surface area contributed by atoms with Gasteiger partial charge in [0.25, 0.3) is 0 Å². The zero-order valence-electron chi connectivity index (χ0n) is 12.1. The van der Waals surface area contributed by atoms with Crippen molar-refractivity contribution in [2.75, 3.05) is 23.8 Å². The van der Waals surface area contributed by atoms with Gasteiger partial charge in [-0.15, -0.1) is 0 Å². The lowest BCUT2D eigenvalue weighted by Gasteiger charge is -2.43. The number of rotatable bonds is 2. The Kier molecular flexibility index (Phi) is 4.13. The smallest absolute Gasteiger partial charge is 0.142 e. The summed E-state index contributed by atoms with van der Waals surface area (Å²) in [5, 5.41) is 0. The van der Waals surface area contributed by atoms with Gasteiger partial charge in [0.05, 0.1) is 17.9 Å². The highest BCUT2D eigenvalue weighted by Crippen LogP contribution is 2.39. The number of nitrogens with two attached hydrogens (primary N) is 1. The SMILES string of the molecule is Cc1ccc(N)c(OC2CCOC3(CCSCC3)C2)c1. The molecule has 2 heterocycles. The molecule has 2 aliphatic rings. The Morgan fingerprint density at radius 3 is 2.95 bits per heavy atom. The monoisotopic (exact) mass is 293 g/mol. The predicted octanol–water partition coefficient (Wildman–Crippen LogP) is 3.40. The number of hydrogen-bond donors (Lipinski definition) is 1. The summed E-state index contributed by atoms with van der Waals surface area (Å²) in [6.07, 6.45) is 4.50. The van der Waals surface area contributed by atoms with E-state index in [1.165, 1.54) is 17.1 Å². The average molecular weight is 293 g/mol. The van der Waals surface area contributed by atoms with Crippen LogP contribution in [0.25, 0.3) is 0 Å². The molecular formula is C16H23NO2S. The van der Waals surface area contributed by atoms with Crippen LogP contribution in [0.3, 0.4) is 0 Å². The number of aryl methyl sites for hydroxylation is 1. The maximum atomic E-state index is 6.18. The third-order valence-corrected chi connectivity index (χ3v) is 5.30. The van der Waals surface area contributed by atoms with Gasteiger partial charge in [0, 0.05) is 12.8 Å². The van der Waals surface area contributed by atoms with Crippen LogP contribution >= 0.6 is 11.8 Å². The molecule has 0 aliphatic carbocycles. The summed E-state index contributed by atoms with van der Waals surface area (Å²) in [7, 11) is 0. The predicted molar refractivity (Wildman–Crippen MR) is 84.5 cm³/mol. The summed E-state index contributed by atoms with van der Waals surface area (Å²) in [6, 6.07) is 5.98. The number of nitrogen functional groups attached to an aromatic ring is 1. The molecule has 3 nitrogen and oxygen atoms in total. The van der Waals surface area contributed by atoms with Gasteiger partial charge < -0.3 is 15.2 Å². The van der Waals surface area contributed by atoms with Crippen molar-refractivity contribution >= 4 is 17.4 Å². The minimum atomic E-state index is 0.0623. The zero-order chi connectivity index (χ0) is 14.0. The standard InChI is InChI=1S/C16H23NO2S/c1-12-2-3-14(17)15(10-12)19-13-4-7-18-16(11-13)5-8-20-9-6-16/h2-3,10,13H,4-9,11,17H2,1H3. The van der Waals surface area contributed by atoms with Crippen LogP contribution in [0.4, 0.5) is 5.69 Å². The molecule has 0 amide bonds. The van der Waals surface area contributed by atoms with E-state index in [1.807, 2.05) is 30.0 Å². The molecule has 1 aromatic carbocycles. The fourth-order valence-corrected chi connectivity index (χ4v) is 4.34. The highest BCUT2D eigenvalue weighted by atomic mass is 32.2. The molecule has 1 atom stereocenters. The van der Waals surface area contributed by atoms with Crippen molar-refractivity contribution in [1.29, 1.82) is 0 Å². The van der Waals surface area contributed by atoms with Crippen molar-refractivity contribution < 1.29 is 9.47 Å². The lowest BCUT2D eigenvalue weighted by atomic mass is 9.86. The molecule has 2 fully saturated rings. The van der Waals surface area contributed by atoms with Gasteiger partial charge in [-0.1, -0.05) is 6.07 Å². The van der Waals surface area contributed by atoms with E-state index in [4.69, 9.17) is 15.2 Å². The second-order valence-corrected chi connectivity index (χ2v) is 7.14. The van der Waals surface area contributed by atoms with Crippen LogP contribution in [0.15, 0.2) is 18.2 Å². The maximum Gasteiger partial charge on any atom is 0.142 e. The molecular weight excluding hydrogens is 270 g/mol. The third kappa shape index (κ3) is 3.07. The summed E-state index contributed by atoms with van der Waals surface area (Å²) >= 11 is 2.03. The van der Waals surface area contributed by atoms with Gasteiger partial charge in [-0.25, -0.2) is 0 Å². The summed E-state index contributed by atoms with van der Waals surface area (Å²) in [5.41, 5.74) is 8.00. The second kappa shape index (κ2) is 5.86. The van der Waals surface area contributed by atoms with E-state index in [1.54, 1.807) is 0 Å². The van der Waals surface area contributed by atoms with Gasteiger partial charge in [-0.05, 0) is 49.0 Å². The normalized spacial score (nSPS) is 25.6. The first kappa shape index (κ1) is 14.1. The van der Waals surface area contributed by atoms with E-state index in [-0.39, 0.29) is 11.7 Å². The van der Waals surface area contributed by atoms with E-state index in [9.17, 15) is 0 Å². The van der Waals surface area contributed by atoms with E-state index in [0.29, 0.717) is 0 Å². The van der Waals surface area contributed by atoms with Gasteiger partial charge >= 0.3 is 0 Å². The molecule has 0 aromatic heterocycles. The van der Waals surface area contributed by atoms with E-state index < -0.39 is 0 Å². The molecule has 1 aromatic rings. The number of thioether (sulfide) groups is 1. The van der Waals surface area contributed by atoms with E-state index in [0.717, 1.165) is 43.7 Å². The van der Waals surface area contributed by atoms with E-state index >= 15 is 0 Å². The number of ether oxygens (including phenoxy) is 2. The molecule has 0 radical (unpaired) electrons. The van der Waals surface area contributed by atoms with Gasteiger partial charge in [0.15, 0.2) is 0 Å². The Hall–Kier alpha value is -0.870. The molecule has 0 saturated carbocycles. The Morgan fingerprint density at radius 2 is 2.15 bits per heavy atom. The molecule has 0 bridgehead atoms. The lowest BCUT2D eigenvalue weighted by molar-refractivity contribution is -0.116. The maximum absolute atomic E-state index is 6.18. The topological polar surface area (TPSA) is 44.5 Å². The van der Waals surface area contributed by atoms with Gasteiger partial charge in [0.1, 0.15) is 11.9 Å². The number of hydrogen-bond acceptors (Lipinski definition) is 4. The molecule has 20 heavy (non-hydrogen) atoms. The van der Waals surface area contributed by atoms with Gasteiger partial charge in [-0.3, -0.25) is 0 Å².